The summed E-state index contributed by atoms with van der Waals surface area (Å²) in [4.78, 5) is 11.2. The van der Waals surface area contributed by atoms with Crippen LogP contribution >= 0.6 is 0 Å². The van der Waals surface area contributed by atoms with E-state index >= 15 is 0 Å². The van der Waals surface area contributed by atoms with E-state index in [2.05, 4.69) is 0 Å². The molecule has 0 radical (unpaired) electrons. The van der Waals surface area contributed by atoms with Crippen molar-refractivity contribution in [3.63, 3.8) is 0 Å². The zero-order chi connectivity index (χ0) is 17.0. The molecule has 7 nitrogen and oxygen atoms in total. The lowest BCUT2D eigenvalue weighted by Crippen LogP contribution is -2.31. The van der Waals surface area contributed by atoms with Crippen LogP contribution < -0.4 is 0 Å². The van der Waals surface area contributed by atoms with Crippen molar-refractivity contribution in [3.05, 3.63) is 29.8 Å². The number of esters is 1. The van der Waals surface area contributed by atoms with Gasteiger partial charge in [-0.2, -0.15) is 8.42 Å². The highest BCUT2D eigenvalue weighted by atomic mass is 32.2. The summed E-state index contributed by atoms with van der Waals surface area (Å²) in [7, 11) is -2.44. The highest BCUT2D eigenvalue weighted by molar-refractivity contribution is 7.86. The standard InChI is InChI=1S/C15H20O7S/c1-10-4-6-12(7-5-10)23(17,18)20-9-14-13(21-11(2)16)8-15(19-3)22-14/h4-7,13-15H,8-9H2,1-3H3/t13-,14+,15?/m0/s1. The SMILES string of the molecule is COC1C[C@H](OC(C)=O)[C@@H](COS(=O)(=O)c2ccc(C)cc2)O1. The molecule has 0 N–H and O–H groups in total. The largest absolute Gasteiger partial charge is 0.459 e. The van der Waals surface area contributed by atoms with E-state index in [-0.39, 0.29) is 11.5 Å². The summed E-state index contributed by atoms with van der Waals surface area (Å²) >= 11 is 0. The van der Waals surface area contributed by atoms with Crippen LogP contribution in [0, 0.1) is 6.92 Å². The second kappa shape index (κ2) is 7.39. The monoisotopic (exact) mass is 344 g/mol. The lowest BCUT2D eigenvalue weighted by molar-refractivity contribution is -0.152. The number of carbonyl (C=O) groups excluding carboxylic acids is 1. The Morgan fingerprint density at radius 3 is 2.52 bits per heavy atom. The number of rotatable bonds is 6. The van der Waals surface area contributed by atoms with Gasteiger partial charge in [-0.1, -0.05) is 17.7 Å². The van der Waals surface area contributed by atoms with Gasteiger partial charge in [0.05, 0.1) is 11.5 Å². The normalized spacial score (nSPS) is 24.6. The second-order valence-corrected chi connectivity index (χ2v) is 6.89. The van der Waals surface area contributed by atoms with Gasteiger partial charge >= 0.3 is 5.97 Å². The maximum atomic E-state index is 12.2. The summed E-state index contributed by atoms with van der Waals surface area (Å²) in [6.45, 7) is 2.88. The van der Waals surface area contributed by atoms with Crippen LogP contribution in [0.2, 0.25) is 0 Å². The molecule has 1 aliphatic rings. The van der Waals surface area contributed by atoms with E-state index in [4.69, 9.17) is 18.4 Å². The number of hydrogen-bond donors (Lipinski definition) is 0. The van der Waals surface area contributed by atoms with Gasteiger partial charge in [0.25, 0.3) is 10.1 Å². The van der Waals surface area contributed by atoms with Crippen LogP contribution in [-0.4, -0.2) is 46.6 Å². The third-order valence-corrected chi connectivity index (χ3v) is 4.74. The molecular formula is C15H20O7S. The molecule has 1 fully saturated rings. The Balaban J connectivity index is 2.02. The fourth-order valence-corrected chi connectivity index (χ4v) is 3.16. The van der Waals surface area contributed by atoms with Crippen LogP contribution in [0.1, 0.15) is 18.9 Å². The lowest BCUT2D eigenvalue weighted by atomic mass is 10.2. The smallest absolute Gasteiger partial charge is 0.302 e. The van der Waals surface area contributed by atoms with Crippen LogP contribution in [0.25, 0.3) is 0 Å². The van der Waals surface area contributed by atoms with Crippen LogP contribution in [0.15, 0.2) is 29.2 Å². The molecule has 23 heavy (non-hydrogen) atoms. The van der Waals surface area contributed by atoms with Gasteiger partial charge in [0, 0.05) is 20.5 Å². The topological polar surface area (TPSA) is 88.1 Å². The van der Waals surface area contributed by atoms with Crippen molar-refractivity contribution in [1.82, 2.24) is 0 Å². The Hall–Kier alpha value is -1.48. The molecule has 0 aromatic heterocycles. The molecule has 8 heteroatoms. The summed E-state index contributed by atoms with van der Waals surface area (Å²) < 4.78 is 45.0. The summed E-state index contributed by atoms with van der Waals surface area (Å²) in [5.41, 5.74) is 0.945. The minimum Gasteiger partial charge on any atom is -0.459 e. The first-order chi connectivity index (χ1) is 10.8. The van der Waals surface area contributed by atoms with Crippen LogP contribution in [0.3, 0.4) is 0 Å². The molecule has 0 amide bonds. The highest BCUT2D eigenvalue weighted by Gasteiger charge is 2.38. The van der Waals surface area contributed by atoms with Crippen LogP contribution in [0.4, 0.5) is 0 Å². The van der Waals surface area contributed by atoms with Crippen molar-refractivity contribution in [2.24, 2.45) is 0 Å². The van der Waals surface area contributed by atoms with E-state index in [0.29, 0.717) is 6.42 Å². The second-order valence-electron chi connectivity index (χ2n) is 5.28. The summed E-state index contributed by atoms with van der Waals surface area (Å²) in [5, 5.41) is 0. The quantitative estimate of drug-likeness (QED) is 0.569. The predicted octanol–water partition coefficient (Wildman–Crippen LogP) is 1.39. The number of ether oxygens (including phenoxy) is 3. The zero-order valence-electron chi connectivity index (χ0n) is 13.2. The van der Waals surface area contributed by atoms with Crippen LogP contribution in [0.5, 0.6) is 0 Å². The van der Waals surface area contributed by atoms with Crippen molar-refractivity contribution in [1.29, 1.82) is 0 Å². The maximum absolute atomic E-state index is 12.2. The van der Waals surface area contributed by atoms with Gasteiger partial charge in [-0.3, -0.25) is 8.98 Å². The molecule has 128 valence electrons. The van der Waals surface area contributed by atoms with Gasteiger partial charge in [0.15, 0.2) is 6.29 Å². The minimum absolute atomic E-state index is 0.0634. The van der Waals surface area contributed by atoms with E-state index in [1.165, 1.54) is 26.2 Å². The number of carbonyl (C=O) groups is 1. The first-order valence-electron chi connectivity index (χ1n) is 7.13. The molecule has 0 spiro atoms. The molecule has 0 aliphatic carbocycles. The van der Waals surface area contributed by atoms with Gasteiger partial charge in [-0.15, -0.1) is 0 Å². The predicted molar refractivity (Wildman–Crippen MR) is 80.2 cm³/mol. The number of benzene rings is 1. The lowest BCUT2D eigenvalue weighted by Gasteiger charge is -2.17. The molecule has 1 aromatic rings. The average Bonchev–Trinajstić information content (AvgIpc) is 2.87. The Labute approximate surface area is 135 Å². The fraction of sp³-hybridized carbons (Fsp3) is 0.533. The van der Waals surface area contributed by atoms with E-state index in [1.807, 2.05) is 6.92 Å². The van der Waals surface area contributed by atoms with E-state index in [1.54, 1.807) is 12.1 Å². The van der Waals surface area contributed by atoms with E-state index < -0.39 is 34.6 Å². The Morgan fingerprint density at radius 2 is 1.96 bits per heavy atom. The van der Waals surface area contributed by atoms with Crippen LogP contribution in [-0.2, 0) is 33.3 Å². The molecule has 2 rings (SSSR count). The Kier molecular flexibility index (Phi) is 5.74. The molecule has 1 heterocycles. The number of hydrogen-bond acceptors (Lipinski definition) is 7. The molecule has 1 saturated heterocycles. The third-order valence-electron chi connectivity index (χ3n) is 3.44. The Bertz CT molecular complexity index is 638. The maximum Gasteiger partial charge on any atom is 0.302 e. The summed E-state index contributed by atoms with van der Waals surface area (Å²) in [6.07, 6.45) is -1.54. The van der Waals surface area contributed by atoms with Crippen molar-refractivity contribution in [2.45, 2.75) is 43.7 Å². The van der Waals surface area contributed by atoms with Crippen molar-refractivity contribution in [3.8, 4) is 0 Å². The van der Waals surface area contributed by atoms with E-state index in [9.17, 15) is 13.2 Å². The molecular weight excluding hydrogens is 324 g/mol. The molecule has 1 aromatic carbocycles. The summed E-state index contributed by atoms with van der Waals surface area (Å²) in [6, 6.07) is 6.32. The van der Waals surface area contributed by atoms with Gasteiger partial charge < -0.3 is 14.2 Å². The summed E-state index contributed by atoms with van der Waals surface area (Å²) in [5.74, 6) is -0.471. The molecule has 1 unspecified atom stereocenters. The molecule has 3 atom stereocenters. The highest BCUT2D eigenvalue weighted by Crippen LogP contribution is 2.25. The molecule has 0 saturated carbocycles. The average molecular weight is 344 g/mol. The minimum atomic E-state index is -3.90. The van der Waals surface area contributed by atoms with Gasteiger partial charge in [-0.05, 0) is 19.1 Å². The zero-order valence-corrected chi connectivity index (χ0v) is 14.0. The van der Waals surface area contributed by atoms with Gasteiger partial charge in [-0.25, -0.2) is 0 Å². The Morgan fingerprint density at radius 1 is 1.30 bits per heavy atom. The van der Waals surface area contributed by atoms with Crippen molar-refractivity contribution >= 4 is 16.1 Å². The van der Waals surface area contributed by atoms with Crippen molar-refractivity contribution < 1.29 is 31.6 Å². The van der Waals surface area contributed by atoms with Gasteiger partial charge in [0.2, 0.25) is 0 Å². The molecule has 1 aliphatic heterocycles. The first-order valence-corrected chi connectivity index (χ1v) is 8.54. The number of aryl methyl sites for hydroxylation is 1. The first kappa shape index (κ1) is 17.9. The van der Waals surface area contributed by atoms with Crippen molar-refractivity contribution in [2.75, 3.05) is 13.7 Å². The number of methoxy groups -OCH3 is 1. The third kappa shape index (κ3) is 4.74. The molecule has 0 bridgehead atoms. The van der Waals surface area contributed by atoms with E-state index in [0.717, 1.165) is 5.56 Å². The fourth-order valence-electron chi connectivity index (χ4n) is 2.24. The van der Waals surface area contributed by atoms with Gasteiger partial charge in [0.1, 0.15) is 12.2 Å².